The molecule has 1 aromatic heterocycles. The Kier molecular flexibility index (Phi) is 5.21. The second kappa shape index (κ2) is 6.80. The fourth-order valence-electron chi connectivity index (χ4n) is 2.14. The fraction of sp³-hybridized carbons (Fsp3) is 0.400. The van der Waals surface area contributed by atoms with Crippen LogP contribution in [0.4, 0.5) is 13.2 Å². The molecule has 8 heteroatoms. The lowest BCUT2D eigenvalue weighted by Crippen LogP contribution is -2.23. The minimum absolute atomic E-state index is 0.0171. The molecule has 0 saturated carbocycles. The number of aromatic nitrogens is 2. The second-order valence-corrected chi connectivity index (χ2v) is 5.62. The summed E-state index contributed by atoms with van der Waals surface area (Å²) in [5, 5.41) is 3.99. The van der Waals surface area contributed by atoms with Crippen molar-refractivity contribution >= 4 is 11.6 Å². The van der Waals surface area contributed by atoms with Crippen LogP contribution >= 0.6 is 11.6 Å². The highest BCUT2D eigenvalue weighted by molar-refractivity contribution is 6.30. The first-order valence-electron chi connectivity index (χ1n) is 7.04. The van der Waals surface area contributed by atoms with E-state index in [4.69, 9.17) is 22.1 Å². The minimum Gasteiger partial charge on any atom is -0.439 e. The third-order valence-corrected chi connectivity index (χ3v) is 3.59. The maximum atomic E-state index is 13.2. The van der Waals surface area contributed by atoms with Gasteiger partial charge in [-0.05, 0) is 31.0 Å². The fourth-order valence-corrected chi connectivity index (χ4v) is 2.32. The van der Waals surface area contributed by atoms with Crippen molar-refractivity contribution in [3.05, 3.63) is 40.5 Å². The monoisotopic (exact) mass is 347 g/mol. The predicted molar refractivity (Wildman–Crippen MR) is 81.7 cm³/mol. The Labute approximate surface area is 137 Å². The van der Waals surface area contributed by atoms with E-state index in [1.165, 1.54) is 13.1 Å². The quantitative estimate of drug-likeness (QED) is 0.883. The van der Waals surface area contributed by atoms with E-state index < -0.39 is 17.9 Å². The normalized spacial score (nSPS) is 13.2. The van der Waals surface area contributed by atoms with Gasteiger partial charge in [0.05, 0.1) is 0 Å². The molecule has 2 aromatic rings. The van der Waals surface area contributed by atoms with Crippen LogP contribution in [-0.2, 0) is 19.6 Å². The Bertz CT molecular complexity index is 685. The number of hydrogen-bond acceptors (Lipinski definition) is 3. The third-order valence-electron chi connectivity index (χ3n) is 3.36. The number of nitrogens with two attached hydrogens (primary N) is 1. The number of alkyl halides is 3. The van der Waals surface area contributed by atoms with Gasteiger partial charge in [-0.1, -0.05) is 24.6 Å². The molecule has 0 amide bonds. The van der Waals surface area contributed by atoms with Crippen LogP contribution in [0.2, 0.25) is 5.02 Å². The summed E-state index contributed by atoms with van der Waals surface area (Å²) in [6.07, 6.45) is -4.01. The number of halogens is 4. The zero-order valence-corrected chi connectivity index (χ0v) is 13.4. The van der Waals surface area contributed by atoms with Crippen LogP contribution in [0.1, 0.15) is 24.6 Å². The Hall–Kier alpha value is -1.73. The largest absolute Gasteiger partial charge is 0.439 e. The van der Waals surface area contributed by atoms with Crippen molar-refractivity contribution in [3.63, 3.8) is 0 Å². The Balaban J connectivity index is 2.46. The maximum absolute atomic E-state index is 13.2. The van der Waals surface area contributed by atoms with E-state index in [9.17, 15) is 13.2 Å². The molecule has 2 rings (SSSR count). The molecule has 126 valence electrons. The topological polar surface area (TPSA) is 53.1 Å². The minimum atomic E-state index is -4.57. The lowest BCUT2D eigenvalue weighted by atomic mass is 10.0. The second-order valence-electron chi connectivity index (χ2n) is 5.19. The van der Waals surface area contributed by atoms with Crippen molar-refractivity contribution in [1.29, 1.82) is 0 Å². The van der Waals surface area contributed by atoms with Gasteiger partial charge in [0.1, 0.15) is 5.75 Å². The molecule has 1 atom stereocenters. The van der Waals surface area contributed by atoms with E-state index >= 15 is 0 Å². The highest BCUT2D eigenvalue weighted by atomic mass is 35.5. The van der Waals surface area contributed by atoms with E-state index in [0.717, 1.165) is 4.68 Å². The standard InChI is InChI=1S/C15H17ClF3N3O/c1-3-10(20)8-12-13(15(17,18)19)21-22(2)14(12)23-11-6-4-5-9(16)7-11/h4-7,10H,3,8,20H2,1-2H3. The van der Waals surface area contributed by atoms with Gasteiger partial charge in [-0.15, -0.1) is 0 Å². The van der Waals surface area contributed by atoms with Gasteiger partial charge in [-0.3, -0.25) is 0 Å². The summed E-state index contributed by atoms with van der Waals surface area (Å²) >= 11 is 5.87. The molecule has 1 heterocycles. The first kappa shape index (κ1) is 17.6. The summed E-state index contributed by atoms with van der Waals surface area (Å²) in [4.78, 5) is 0. The van der Waals surface area contributed by atoms with E-state index in [1.807, 2.05) is 6.92 Å². The molecule has 0 radical (unpaired) electrons. The van der Waals surface area contributed by atoms with Crippen LogP contribution < -0.4 is 10.5 Å². The number of rotatable bonds is 5. The van der Waals surface area contributed by atoms with Crippen molar-refractivity contribution in [2.24, 2.45) is 12.8 Å². The molecule has 0 bridgehead atoms. The summed E-state index contributed by atoms with van der Waals surface area (Å²) in [6.45, 7) is 1.81. The molecular formula is C15H17ClF3N3O. The van der Waals surface area contributed by atoms with E-state index in [0.29, 0.717) is 17.2 Å². The van der Waals surface area contributed by atoms with E-state index in [2.05, 4.69) is 5.10 Å². The predicted octanol–water partition coefficient (Wildman–Crippen LogP) is 4.16. The average Bonchev–Trinajstić information content (AvgIpc) is 2.76. The van der Waals surface area contributed by atoms with Gasteiger partial charge in [-0.2, -0.15) is 18.3 Å². The number of aryl methyl sites for hydroxylation is 1. The summed E-state index contributed by atoms with van der Waals surface area (Å²) in [5.41, 5.74) is 4.81. The lowest BCUT2D eigenvalue weighted by molar-refractivity contribution is -0.142. The van der Waals surface area contributed by atoms with Gasteiger partial charge < -0.3 is 10.5 Å². The van der Waals surface area contributed by atoms with Crippen LogP contribution in [0.25, 0.3) is 0 Å². The van der Waals surface area contributed by atoms with Gasteiger partial charge in [0.2, 0.25) is 5.88 Å². The van der Waals surface area contributed by atoms with Crippen LogP contribution in [0.5, 0.6) is 11.6 Å². The van der Waals surface area contributed by atoms with Gasteiger partial charge in [-0.25, -0.2) is 4.68 Å². The Morgan fingerprint density at radius 3 is 2.65 bits per heavy atom. The zero-order valence-electron chi connectivity index (χ0n) is 12.7. The highest BCUT2D eigenvalue weighted by Gasteiger charge is 2.39. The molecule has 1 aromatic carbocycles. The molecule has 4 nitrogen and oxygen atoms in total. The number of hydrogen-bond donors (Lipinski definition) is 1. The van der Waals surface area contributed by atoms with Crippen molar-refractivity contribution in [3.8, 4) is 11.6 Å². The summed E-state index contributed by atoms with van der Waals surface area (Å²) in [6, 6.07) is 6.01. The first-order chi connectivity index (χ1) is 10.7. The number of benzene rings is 1. The van der Waals surface area contributed by atoms with Crippen LogP contribution in [0.15, 0.2) is 24.3 Å². The molecule has 0 aliphatic heterocycles. The third kappa shape index (κ3) is 4.17. The van der Waals surface area contributed by atoms with Gasteiger partial charge >= 0.3 is 6.18 Å². The van der Waals surface area contributed by atoms with Gasteiger partial charge in [0.25, 0.3) is 0 Å². The zero-order chi connectivity index (χ0) is 17.2. The smallest absolute Gasteiger partial charge is 0.435 e. The summed E-state index contributed by atoms with van der Waals surface area (Å²) in [5.74, 6) is 0.351. The van der Waals surface area contributed by atoms with Gasteiger partial charge in [0, 0.05) is 23.7 Å². The highest BCUT2D eigenvalue weighted by Crippen LogP contribution is 2.38. The van der Waals surface area contributed by atoms with Crippen LogP contribution in [0, 0.1) is 0 Å². The Morgan fingerprint density at radius 1 is 1.39 bits per heavy atom. The maximum Gasteiger partial charge on any atom is 0.435 e. The lowest BCUT2D eigenvalue weighted by Gasteiger charge is -2.13. The Morgan fingerprint density at radius 2 is 2.09 bits per heavy atom. The van der Waals surface area contributed by atoms with E-state index in [1.54, 1.807) is 18.2 Å². The first-order valence-corrected chi connectivity index (χ1v) is 7.42. The SMILES string of the molecule is CCC(N)Cc1c(C(F)(F)F)nn(C)c1Oc1cccc(Cl)c1. The molecule has 0 spiro atoms. The average molecular weight is 348 g/mol. The number of ether oxygens (including phenoxy) is 1. The van der Waals surface area contributed by atoms with Crippen molar-refractivity contribution in [2.75, 3.05) is 0 Å². The molecular weight excluding hydrogens is 331 g/mol. The number of nitrogens with zero attached hydrogens (tertiary/aromatic N) is 2. The molecule has 0 aliphatic carbocycles. The molecule has 2 N–H and O–H groups in total. The van der Waals surface area contributed by atoms with Crippen molar-refractivity contribution in [2.45, 2.75) is 32.0 Å². The summed E-state index contributed by atoms with van der Waals surface area (Å²) < 4.78 is 46.3. The molecule has 0 fully saturated rings. The molecule has 0 aliphatic rings. The van der Waals surface area contributed by atoms with Crippen molar-refractivity contribution in [1.82, 2.24) is 9.78 Å². The molecule has 23 heavy (non-hydrogen) atoms. The van der Waals surface area contributed by atoms with Crippen molar-refractivity contribution < 1.29 is 17.9 Å². The molecule has 0 saturated heterocycles. The van der Waals surface area contributed by atoms with E-state index in [-0.39, 0.29) is 17.9 Å². The van der Waals surface area contributed by atoms with Crippen LogP contribution in [-0.4, -0.2) is 15.8 Å². The van der Waals surface area contributed by atoms with Crippen LogP contribution in [0.3, 0.4) is 0 Å². The van der Waals surface area contributed by atoms with Gasteiger partial charge in [0.15, 0.2) is 5.69 Å². The summed E-state index contributed by atoms with van der Waals surface area (Å²) in [7, 11) is 1.40. The molecule has 1 unspecified atom stereocenters.